The van der Waals surface area contributed by atoms with E-state index in [1.807, 2.05) is 24.4 Å². The first kappa shape index (κ1) is 15.9. The second kappa shape index (κ2) is 6.66. The minimum Gasteiger partial charge on any atom is -0.306 e. The maximum absolute atomic E-state index is 14.1. The van der Waals surface area contributed by atoms with E-state index in [2.05, 4.69) is 9.97 Å². The first-order valence-electron chi connectivity index (χ1n) is 6.78. The highest BCUT2D eigenvalue weighted by Gasteiger charge is 2.13. The van der Waals surface area contributed by atoms with Gasteiger partial charge in [-0.15, -0.1) is 11.3 Å². The number of pyridine rings is 1. The molecule has 0 amide bonds. The largest absolute Gasteiger partial charge is 0.306 e. The van der Waals surface area contributed by atoms with Gasteiger partial charge in [-0.05, 0) is 25.1 Å². The van der Waals surface area contributed by atoms with Gasteiger partial charge in [-0.3, -0.25) is 4.98 Å². The highest BCUT2D eigenvalue weighted by Crippen LogP contribution is 2.31. The van der Waals surface area contributed by atoms with Crippen LogP contribution >= 0.6 is 11.3 Å². The lowest BCUT2D eigenvalue weighted by molar-refractivity contribution is 0.559. The number of thiazole rings is 1. The van der Waals surface area contributed by atoms with Crippen molar-refractivity contribution in [1.82, 2.24) is 9.97 Å². The Morgan fingerprint density at radius 1 is 1.35 bits per heavy atom. The van der Waals surface area contributed by atoms with Crippen LogP contribution in [0.15, 0.2) is 41.9 Å². The number of aryl methyl sites for hydroxylation is 1. The predicted molar refractivity (Wildman–Crippen MR) is 90.0 cm³/mol. The zero-order valence-corrected chi connectivity index (χ0v) is 13.8. The van der Waals surface area contributed by atoms with Crippen molar-refractivity contribution in [1.29, 1.82) is 0 Å². The minimum atomic E-state index is -2.07. The van der Waals surface area contributed by atoms with E-state index in [-0.39, 0.29) is 11.3 Å². The fraction of sp³-hybridized carbons (Fsp3) is 0.125. The summed E-state index contributed by atoms with van der Waals surface area (Å²) >= 11 is -0.532. The summed E-state index contributed by atoms with van der Waals surface area (Å²) in [6.07, 6.45) is 1.65. The lowest BCUT2D eigenvalue weighted by Gasteiger charge is -2.08. The van der Waals surface area contributed by atoms with Crippen molar-refractivity contribution < 1.29 is 13.2 Å². The quantitative estimate of drug-likeness (QED) is 0.723. The van der Waals surface area contributed by atoms with Gasteiger partial charge >= 0.3 is 0 Å². The summed E-state index contributed by atoms with van der Waals surface area (Å²) in [5.74, 6) is -0.747. The van der Waals surface area contributed by atoms with Crippen molar-refractivity contribution in [2.24, 2.45) is 0 Å². The highest BCUT2D eigenvalue weighted by molar-refractivity contribution is 7.78. The van der Waals surface area contributed by atoms with Gasteiger partial charge in [-0.25, -0.2) is 13.6 Å². The Balaban J connectivity index is 2.06. The third kappa shape index (κ3) is 3.52. The van der Waals surface area contributed by atoms with Crippen LogP contribution in [0, 0.1) is 12.7 Å². The van der Waals surface area contributed by atoms with E-state index >= 15 is 0 Å². The molecule has 0 spiro atoms. The molecule has 2 heterocycles. The van der Waals surface area contributed by atoms with Crippen LogP contribution in [0.25, 0.3) is 22.5 Å². The van der Waals surface area contributed by atoms with Crippen LogP contribution in [-0.2, 0) is 16.8 Å². The molecule has 0 saturated heterocycles. The van der Waals surface area contributed by atoms with E-state index in [9.17, 15) is 8.60 Å². The molecule has 0 saturated carbocycles. The fourth-order valence-corrected chi connectivity index (χ4v) is 3.39. The Hall–Kier alpha value is -1.96. The molecule has 0 aliphatic carbocycles. The minimum absolute atomic E-state index is 0.205. The van der Waals surface area contributed by atoms with Crippen LogP contribution in [0.4, 0.5) is 4.39 Å². The summed E-state index contributed by atoms with van der Waals surface area (Å²) in [7, 11) is 0. The molecule has 0 radical (unpaired) electrons. The lowest BCUT2D eigenvalue weighted by atomic mass is 10.0. The summed E-state index contributed by atoms with van der Waals surface area (Å²) < 4.78 is 33.9. The number of benzene rings is 1. The maximum Gasteiger partial charge on any atom is 0.157 e. The van der Waals surface area contributed by atoms with Gasteiger partial charge in [0, 0.05) is 28.3 Å². The number of hydrogen-bond acceptors (Lipinski definition) is 4. The zero-order valence-electron chi connectivity index (χ0n) is 12.2. The average molecular weight is 348 g/mol. The van der Waals surface area contributed by atoms with Crippen LogP contribution in [-0.4, -0.2) is 18.7 Å². The molecule has 3 aromatic rings. The van der Waals surface area contributed by atoms with Gasteiger partial charge in [-0.2, -0.15) is 0 Å². The average Bonchev–Trinajstić information content (AvgIpc) is 2.95. The van der Waals surface area contributed by atoms with Crippen molar-refractivity contribution in [3.63, 3.8) is 0 Å². The third-order valence-corrected chi connectivity index (χ3v) is 4.64. The molecular formula is C16H13FN2O2S2. The number of rotatable bonds is 4. The lowest BCUT2D eigenvalue weighted by Crippen LogP contribution is -1.98. The van der Waals surface area contributed by atoms with Gasteiger partial charge in [0.05, 0.1) is 22.1 Å². The molecule has 23 heavy (non-hydrogen) atoms. The van der Waals surface area contributed by atoms with Crippen LogP contribution in [0.3, 0.4) is 0 Å². The third-order valence-electron chi connectivity index (χ3n) is 3.31. The molecule has 1 atom stereocenters. The summed E-state index contributed by atoms with van der Waals surface area (Å²) in [5, 5.41) is 2.89. The molecule has 4 nitrogen and oxygen atoms in total. The molecule has 7 heteroatoms. The smallest absolute Gasteiger partial charge is 0.157 e. The van der Waals surface area contributed by atoms with E-state index in [4.69, 9.17) is 4.55 Å². The molecule has 3 rings (SSSR count). The molecule has 1 unspecified atom stereocenters. The molecule has 0 fully saturated rings. The van der Waals surface area contributed by atoms with Gasteiger partial charge in [0.15, 0.2) is 11.1 Å². The van der Waals surface area contributed by atoms with Gasteiger partial charge < -0.3 is 4.55 Å². The van der Waals surface area contributed by atoms with Crippen molar-refractivity contribution in [2.75, 3.05) is 0 Å². The van der Waals surface area contributed by atoms with Crippen molar-refractivity contribution in [3.05, 3.63) is 58.3 Å². The number of nitrogens with zero attached hydrogens (tertiary/aromatic N) is 2. The summed E-state index contributed by atoms with van der Waals surface area (Å²) in [4.78, 5) is 8.81. The van der Waals surface area contributed by atoms with Crippen LogP contribution in [0.5, 0.6) is 0 Å². The summed E-state index contributed by atoms with van der Waals surface area (Å²) in [6.45, 7) is 1.92. The topological polar surface area (TPSA) is 63.1 Å². The van der Waals surface area contributed by atoms with E-state index in [1.165, 1.54) is 12.1 Å². The van der Waals surface area contributed by atoms with Gasteiger partial charge in [0.2, 0.25) is 0 Å². The molecular weight excluding hydrogens is 335 g/mol. The molecule has 118 valence electrons. The normalized spacial score (nSPS) is 12.3. The van der Waals surface area contributed by atoms with Crippen LogP contribution in [0.1, 0.15) is 10.6 Å². The predicted octanol–water partition coefficient (Wildman–Crippen LogP) is 4.04. The van der Waals surface area contributed by atoms with E-state index in [0.29, 0.717) is 11.3 Å². The van der Waals surface area contributed by atoms with E-state index in [0.717, 1.165) is 16.3 Å². The number of halogens is 1. The van der Waals surface area contributed by atoms with E-state index in [1.54, 1.807) is 23.6 Å². The summed E-state index contributed by atoms with van der Waals surface area (Å²) in [5.41, 5.74) is 3.08. The molecule has 1 N–H and O–H groups in total. The molecule has 0 aliphatic heterocycles. The number of hydrogen-bond donors (Lipinski definition) is 1. The SMILES string of the molecule is Cc1nc(-c2cccnc2-c2ccc(CS(=O)O)c(F)c2)cs1. The summed E-state index contributed by atoms with van der Waals surface area (Å²) in [6, 6.07) is 8.27. The zero-order chi connectivity index (χ0) is 16.4. The molecule has 0 aliphatic rings. The Kier molecular flexibility index (Phi) is 4.61. The highest BCUT2D eigenvalue weighted by atomic mass is 32.2. The Labute approximate surface area is 139 Å². The second-order valence-electron chi connectivity index (χ2n) is 4.92. The Morgan fingerprint density at radius 3 is 2.83 bits per heavy atom. The maximum atomic E-state index is 14.1. The first-order valence-corrected chi connectivity index (χ1v) is 8.94. The second-order valence-corrected chi connectivity index (χ2v) is 6.92. The Morgan fingerprint density at radius 2 is 2.17 bits per heavy atom. The monoisotopic (exact) mass is 348 g/mol. The fourth-order valence-electron chi connectivity index (χ4n) is 2.27. The molecule has 0 bridgehead atoms. The van der Waals surface area contributed by atoms with Crippen molar-refractivity contribution in [2.45, 2.75) is 12.7 Å². The first-order chi connectivity index (χ1) is 11.0. The number of aromatic nitrogens is 2. The van der Waals surface area contributed by atoms with E-state index < -0.39 is 16.9 Å². The Bertz CT molecular complexity index is 880. The standard InChI is InChI=1S/C16H13FN2O2S2/c1-10-19-15(8-22-10)13-3-2-6-18-16(13)11-4-5-12(9-23(20)21)14(17)7-11/h2-8H,9H2,1H3,(H,20,21). The van der Waals surface area contributed by atoms with Crippen LogP contribution in [0.2, 0.25) is 0 Å². The molecule has 2 aromatic heterocycles. The van der Waals surface area contributed by atoms with Gasteiger partial charge in [0.1, 0.15) is 5.82 Å². The van der Waals surface area contributed by atoms with Gasteiger partial charge in [0.25, 0.3) is 0 Å². The van der Waals surface area contributed by atoms with Gasteiger partial charge in [-0.1, -0.05) is 12.1 Å². The molecule has 1 aromatic carbocycles. The van der Waals surface area contributed by atoms with Crippen LogP contribution < -0.4 is 0 Å². The van der Waals surface area contributed by atoms with Crippen molar-refractivity contribution >= 4 is 22.4 Å². The van der Waals surface area contributed by atoms with Crippen molar-refractivity contribution in [3.8, 4) is 22.5 Å².